The van der Waals surface area contributed by atoms with Crippen molar-refractivity contribution in [1.82, 2.24) is 14.9 Å². The van der Waals surface area contributed by atoms with Gasteiger partial charge in [-0.1, -0.05) is 49.7 Å². The van der Waals surface area contributed by atoms with Crippen molar-refractivity contribution in [3.63, 3.8) is 0 Å². The van der Waals surface area contributed by atoms with E-state index in [9.17, 15) is 0 Å². The minimum absolute atomic E-state index is 0. The molecule has 0 fully saturated rings. The Hall–Kier alpha value is -1.88. The van der Waals surface area contributed by atoms with Crippen LogP contribution in [0, 0.1) is 0 Å². The molecule has 2 aromatic carbocycles. The van der Waals surface area contributed by atoms with Crippen molar-refractivity contribution in [3.8, 4) is 11.4 Å². The first-order valence-corrected chi connectivity index (χ1v) is 9.08. The normalized spacial score (nSPS) is 10.8. The van der Waals surface area contributed by atoms with Crippen LogP contribution >= 0.6 is 24.0 Å². The summed E-state index contributed by atoms with van der Waals surface area (Å²) >= 11 is 6.13. The van der Waals surface area contributed by atoms with E-state index >= 15 is 0 Å². The molecule has 0 saturated carbocycles. The third-order valence-corrected chi connectivity index (χ3v) is 4.54. The van der Waals surface area contributed by atoms with E-state index in [-0.39, 0.29) is 12.4 Å². The molecule has 0 radical (unpaired) electrons. The van der Waals surface area contributed by atoms with Crippen molar-refractivity contribution in [2.45, 2.75) is 13.8 Å². The molecule has 0 aliphatic rings. The highest BCUT2D eigenvalue weighted by Gasteiger charge is 2.10. The average molecular weight is 391 g/mol. The molecule has 1 heterocycles. The number of halogens is 2. The molecule has 0 unspecified atom stereocenters. The fourth-order valence-electron chi connectivity index (χ4n) is 2.84. The molecule has 1 N–H and O–H groups in total. The zero-order valence-corrected chi connectivity index (χ0v) is 16.6. The number of nitrogens with one attached hydrogen (secondary N) is 1. The minimum Gasteiger partial charge on any atom is -0.368 e. The maximum absolute atomic E-state index is 6.13. The zero-order valence-electron chi connectivity index (χ0n) is 15.1. The first-order valence-electron chi connectivity index (χ1n) is 8.70. The number of benzene rings is 2. The van der Waals surface area contributed by atoms with Crippen LogP contribution in [0.25, 0.3) is 22.3 Å². The van der Waals surface area contributed by atoms with E-state index in [0.29, 0.717) is 10.8 Å². The van der Waals surface area contributed by atoms with Gasteiger partial charge in [0.1, 0.15) is 5.82 Å². The summed E-state index contributed by atoms with van der Waals surface area (Å²) in [6.45, 7) is 8.30. The average Bonchev–Trinajstić information content (AvgIpc) is 2.65. The van der Waals surface area contributed by atoms with Gasteiger partial charge in [-0.05, 0) is 37.4 Å². The first kappa shape index (κ1) is 20.4. The molecule has 138 valence electrons. The van der Waals surface area contributed by atoms with E-state index in [0.717, 1.165) is 48.5 Å². The van der Waals surface area contributed by atoms with Gasteiger partial charge < -0.3 is 10.2 Å². The number of nitrogens with zero attached hydrogens (tertiary/aromatic N) is 3. The Morgan fingerprint density at radius 1 is 1.00 bits per heavy atom. The van der Waals surface area contributed by atoms with Crippen LogP contribution in [-0.4, -0.2) is 41.0 Å². The van der Waals surface area contributed by atoms with Crippen molar-refractivity contribution in [2.75, 3.05) is 31.5 Å². The lowest BCUT2D eigenvalue weighted by atomic mass is 10.2. The second-order valence-electron chi connectivity index (χ2n) is 5.88. The van der Waals surface area contributed by atoms with E-state index in [1.54, 1.807) is 0 Å². The molecule has 6 heteroatoms. The van der Waals surface area contributed by atoms with E-state index in [1.807, 2.05) is 42.5 Å². The number of likely N-dealkylation sites (N-methyl/N-ethyl adjacent to an activating group) is 1. The lowest BCUT2D eigenvalue weighted by Gasteiger charge is -2.18. The maximum Gasteiger partial charge on any atom is 0.162 e. The summed E-state index contributed by atoms with van der Waals surface area (Å²) in [4.78, 5) is 11.8. The number of anilines is 1. The molecular formula is C20H24Cl2N4. The summed E-state index contributed by atoms with van der Waals surface area (Å²) in [5.41, 5.74) is 1.85. The summed E-state index contributed by atoms with van der Waals surface area (Å²) in [5, 5.41) is 5.21. The molecule has 0 spiro atoms. The van der Waals surface area contributed by atoms with Crippen LogP contribution in [0.15, 0.2) is 48.5 Å². The molecule has 4 nitrogen and oxygen atoms in total. The van der Waals surface area contributed by atoms with E-state index in [4.69, 9.17) is 21.6 Å². The standard InChI is InChI=1S/C20H23ClN4.ClH/c1-3-25(4-2)13-12-22-20-17-10-5-6-11-18(17)23-19(24-20)15-8-7-9-16(21)14-15;/h5-11,14H,3-4,12-13H2,1-2H3,(H,22,23,24);1H. The third-order valence-electron chi connectivity index (χ3n) is 4.30. The van der Waals surface area contributed by atoms with Crippen LogP contribution in [0.3, 0.4) is 0 Å². The van der Waals surface area contributed by atoms with E-state index in [1.165, 1.54) is 0 Å². The topological polar surface area (TPSA) is 41.0 Å². The molecule has 0 saturated heterocycles. The monoisotopic (exact) mass is 390 g/mol. The predicted molar refractivity (Wildman–Crippen MR) is 114 cm³/mol. The van der Waals surface area contributed by atoms with Gasteiger partial charge in [0.05, 0.1) is 5.52 Å². The molecule has 3 aromatic rings. The Bertz CT molecular complexity index is 850. The summed E-state index contributed by atoms with van der Waals surface area (Å²) in [6.07, 6.45) is 0. The van der Waals surface area contributed by atoms with Gasteiger partial charge in [0, 0.05) is 29.1 Å². The third kappa shape index (κ3) is 4.85. The van der Waals surface area contributed by atoms with Crippen LogP contribution in [0.2, 0.25) is 5.02 Å². The lowest BCUT2D eigenvalue weighted by molar-refractivity contribution is 0.316. The van der Waals surface area contributed by atoms with Crippen molar-refractivity contribution in [3.05, 3.63) is 53.6 Å². The van der Waals surface area contributed by atoms with Crippen LogP contribution in [-0.2, 0) is 0 Å². The Labute approximate surface area is 166 Å². The fourth-order valence-corrected chi connectivity index (χ4v) is 3.03. The van der Waals surface area contributed by atoms with Gasteiger partial charge in [-0.3, -0.25) is 0 Å². The molecule has 26 heavy (non-hydrogen) atoms. The number of para-hydroxylation sites is 1. The molecule has 0 aliphatic heterocycles. The Morgan fingerprint density at radius 2 is 1.77 bits per heavy atom. The Morgan fingerprint density at radius 3 is 2.50 bits per heavy atom. The summed E-state index contributed by atoms with van der Waals surface area (Å²) < 4.78 is 0. The van der Waals surface area contributed by atoms with Crippen molar-refractivity contribution in [1.29, 1.82) is 0 Å². The quantitative estimate of drug-likeness (QED) is 0.607. The molecule has 3 rings (SSSR count). The molecule has 1 aromatic heterocycles. The second kappa shape index (κ2) is 9.72. The summed E-state index contributed by atoms with van der Waals surface area (Å²) in [5.74, 6) is 1.55. The highest BCUT2D eigenvalue weighted by molar-refractivity contribution is 6.30. The maximum atomic E-state index is 6.13. The smallest absolute Gasteiger partial charge is 0.162 e. The fraction of sp³-hybridized carbons (Fsp3) is 0.300. The Balaban J connectivity index is 0.00000243. The van der Waals surface area contributed by atoms with Crippen LogP contribution in [0.4, 0.5) is 5.82 Å². The van der Waals surface area contributed by atoms with Gasteiger partial charge >= 0.3 is 0 Å². The number of hydrogen-bond donors (Lipinski definition) is 1. The van der Waals surface area contributed by atoms with Crippen molar-refractivity contribution >= 4 is 40.7 Å². The first-order chi connectivity index (χ1) is 12.2. The lowest BCUT2D eigenvalue weighted by Crippen LogP contribution is -2.28. The van der Waals surface area contributed by atoms with E-state index in [2.05, 4.69) is 30.1 Å². The number of rotatable bonds is 7. The zero-order chi connectivity index (χ0) is 17.6. The molecule has 0 aliphatic carbocycles. The largest absolute Gasteiger partial charge is 0.368 e. The summed E-state index contributed by atoms with van der Waals surface area (Å²) in [7, 11) is 0. The highest BCUT2D eigenvalue weighted by Crippen LogP contribution is 2.26. The number of aromatic nitrogens is 2. The van der Waals surface area contributed by atoms with E-state index < -0.39 is 0 Å². The number of fused-ring (bicyclic) bond motifs is 1. The molecule has 0 amide bonds. The number of hydrogen-bond acceptors (Lipinski definition) is 4. The van der Waals surface area contributed by atoms with Gasteiger partial charge in [-0.15, -0.1) is 12.4 Å². The van der Waals surface area contributed by atoms with Crippen LogP contribution in [0.5, 0.6) is 0 Å². The van der Waals surface area contributed by atoms with Gasteiger partial charge in [0.25, 0.3) is 0 Å². The summed E-state index contributed by atoms with van der Waals surface area (Å²) in [6, 6.07) is 15.7. The van der Waals surface area contributed by atoms with Gasteiger partial charge in [-0.25, -0.2) is 9.97 Å². The SMILES string of the molecule is CCN(CC)CCNc1nc(-c2cccc(Cl)c2)nc2ccccc12.Cl. The molecular weight excluding hydrogens is 367 g/mol. The highest BCUT2D eigenvalue weighted by atomic mass is 35.5. The molecule has 0 atom stereocenters. The second-order valence-corrected chi connectivity index (χ2v) is 6.31. The van der Waals surface area contributed by atoms with Gasteiger partial charge in [0.15, 0.2) is 5.82 Å². The van der Waals surface area contributed by atoms with Gasteiger partial charge in [0.2, 0.25) is 0 Å². The minimum atomic E-state index is 0. The molecule has 0 bridgehead atoms. The Kier molecular flexibility index (Phi) is 7.64. The van der Waals surface area contributed by atoms with Crippen LogP contribution in [0.1, 0.15) is 13.8 Å². The van der Waals surface area contributed by atoms with Crippen LogP contribution < -0.4 is 5.32 Å². The van der Waals surface area contributed by atoms with Crippen molar-refractivity contribution in [2.24, 2.45) is 0 Å². The van der Waals surface area contributed by atoms with Gasteiger partial charge in [-0.2, -0.15) is 0 Å². The van der Waals surface area contributed by atoms with Crippen molar-refractivity contribution < 1.29 is 0 Å². The predicted octanol–water partition coefficient (Wildman–Crippen LogP) is 5.13.